The second-order valence-corrected chi connectivity index (χ2v) is 3.75. The summed E-state index contributed by atoms with van der Waals surface area (Å²) < 4.78 is 0. The number of nitrogens with zero attached hydrogens (tertiary/aromatic N) is 2. The van der Waals surface area contributed by atoms with Gasteiger partial charge in [0.05, 0.1) is 0 Å². The monoisotopic (exact) mass is 240 g/mol. The fourth-order valence-corrected chi connectivity index (χ4v) is 1.33. The Morgan fingerprint density at radius 2 is 2.24 bits per heavy atom. The van der Waals surface area contributed by atoms with E-state index in [0.29, 0.717) is 12.2 Å². The fourth-order valence-electron chi connectivity index (χ4n) is 1.33. The number of hydrogen-bond donors (Lipinski definition) is 3. The SMILES string of the molecule is CCCCC(NC(=O)c1n[nH]c(C)n1)C(=O)O. The number of aromatic amines is 1. The Morgan fingerprint density at radius 1 is 1.53 bits per heavy atom. The van der Waals surface area contributed by atoms with Crippen molar-refractivity contribution in [2.24, 2.45) is 0 Å². The third kappa shape index (κ3) is 3.86. The summed E-state index contributed by atoms with van der Waals surface area (Å²) in [6.45, 7) is 3.62. The zero-order valence-electron chi connectivity index (χ0n) is 9.86. The number of amides is 1. The van der Waals surface area contributed by atoms with Gasteiger partial charge in [-0.1, -0.05) is 19.8 Å². The number of nitrogens with one attached hydrogen (secondary N) is 2. The van der Waals surface area contributed by atoms with Crippen LogP contribution in [0.5, 0.6) is 0 Å². The van der Waals surface area contributed by atoms with E-state index in [-0.39, 0.29) is 5.82 Å². The van der Waals surface area contributed by atoms with Crippen LogP contribution < -0.4 is 5.32 Å². The number of carboxylic acid groups (broad SMARTS) is 1. The van der Waals surface area contributed by atoms with E-state index in [1.165, 1.54) is 0 Å². The number of carboxylic acids is 1. The number of aromatic nitrogens is 3. The third-order valence-corrected chi connectivity index (χ3v) is 2.25. The largest absolute Gasteiger partial charge is 0.480 e. The molecule has 3 N–H and O–H groups in total. The Kier molecular flexibility index (Phi) is 4.62. The molecule has 0 aliphatic rings. The highest BCUT2D eigenvalue weighted by Gasteiger charge is 2.21. The number of aliphatic carboxylic acids is 1. The molecule has 1 rings (SSSR count). The van der Waals surface area contributed by atoms with Crippen LogP contribution in [0.3, 0.4) is 0 Å². The number of hydrogen-bond acceptors (Lipinski definition) is 4. The molecule has 0 aromatic carbocycles. The first-order chi connectivity index (χ1) is 8.04. The van der Waals surface area contributed by atoms with Crippen LogP contribution in [-0.2, 0) is 4.79 Å². The summed E-state index contributed by atoms with van der Waals surface area (Å²) in [7, 11) is 0. The molecule has 0 fully saturated rings. The molecule has 0 aliphatic carbocycles. The molecule has 1 heterocycles. The average molecular weight is 240 g/mol. The molecule has 1 unspecified atom stereocenters. The van der Waals surface area contributed by atoms with E-state index in [1.807, 2.05) is 6.92 Å². The maximum absolute atomic E-state index is 11.6. The van der Waals surface area contributed by atoms with Crippen molar-refractivity contribution in [3.63, 3.8) is 0 Å². The second kappa shape index (κ2) is 5.97. The molecule has 0 spiro atoms. The minimum atomic E-state index is -1.04. The van der Waals surface area contributed by atoms with Gasteiger partial charge in [0, 0.05) is 0 Å². The van der Waals surface area contributed by atoms with Gasteiger partial charge in [-0.3, -0.25) is 9.89 Å². The summed E-state index contributed by atoms with van der Waals surface area (Å²) in [4.78, 5) is 26.4. The van der Waals surface area contributed by atoms with Crippen LogP contribution in [0.4, 0.5) is 0 Å². The smallest absolute Gasteiger partial charge is 0.326 e. The lowest BCUT2D eigenvalue weighted by Gasteiger charge is -2.12. The molecule has 7 nitrogen and oxygen atoms in total. The molecule has 1 aromatic rings. The van der Waals surface area contributed by atoms with Crippen LogP contribution >= 0.6 is 0 Å². The Labute approximate surface area is 98.6 Å². The number of carbonyl (C=O) groups excluding carboxylic acids is 1. The van der Waals surface area contributed by atoms with Gasteiger partial charge < -0.3 is 10.4 Å². The van der Waals surface area contributed by atoms with Gasteiger partial charge in [-0.2, -0.15) is 0 Å². The summed E-state index contributed by atoms with van der Waals surface area (Å²) >= 11 is 0. The molecular weight excluding hydrogens is 224 g/mol. The number of unbranched alkanes of at least 4 members (excludes halogenated alkanes) is 1. The zero-order valence-corrected chi connectivity index (χ0v) is 9.86. The van der Waals surface area contributed by atoms with Crippen molar-refractivity contribution in [2.75, 3.05) is 0 Å². The Bertz CT molecular complexity index is 402. The van der Waals surface area contributed by atoms with Gasteiger partial charge in [-0.25, -0.2) is 9.78 Å². The van der Waals surface area contributed by atoms with Gasteiger partial charge in [0.1, 0.15) is 11.9 Å². The number of H-pyrrole nitrogens is 1. The van der Waals surface area contributed by atoms with Gasteiger partial charge in [-0.15, -0.1) is 5.10 Å². The lowest BCUT2D eigenvalue weighted by Crippen LogP contribution is -2.41. The van der Waals surface area contributed by atoms with E-state index in [4.69, 9.17) is 5.11 Å². The first-order valence-corrected chi connectivity index (χ1v) is 5.47. The van der Waals surface area contributed by atoms with Crippen LogP contribution in [0.25, 0.3) is 0 Å². The lowest BCUT2D eigenvalue weighted by molar-refractivity contribution is -0.139. The first kappa shape index (κ1) is 13.1. The molecule has 7 heteroatoms. The van der Waals surface area contributed by atoms with E-state index in [1.54, 1.807) is 6.92 Å². The average Bonchev–Trinajstić information content (AvgIpc) is 2.70. The number of carbonyl (C=O) groups is 2. The van der Waals surface area contributed by atoms with Gasteiger partial charge in [-0.05, 0) is 13.3 Å². The van der Waals surface area contributed by atoms with E-state index >= 15 is 0 Å². The van der Waals surface area contributed by atoms with Crippen LogP contribution in [0.15, 0.2) is 0 Å². The predicted molar refractivity (Wildman–Crippen MR) is 59.5 cm³/mol. The van der Waals surface area contributed by atoms with E-state index in [0.717, 1.165) is 12.8 Å². The van der Waals surface area contributed by atoms with Gasteiger partial charge >= 0.3 is 5.97 Å². The maximum atomic E-state index is 11.6. The molecule has 17 heavy (non-hydrogen) atoms. The van der Waals surface area contributed by atoms with Crippen LogP contribution in [0, 0.1) is 6.92 Å². The lowest BCUT2D eigenvalue weighted by atomic mass is 10.1. The molecule has 94 valence electrons. The summed E-state index contributed by atoms with van der Waals surface area (Å²) in [6.07, 6.45) is 2.02. The Balaban J connectivity index is 2.60. The topological polar surface area (TPSA) is 108 Å². The fraction of sp³-hybridized carbons (Fsp3) is 0.600. The highest BCUT2D eigenvalue weighted by Crippen LogP contribution is 2.02. The Hall–Kier alpha value is -1.92. The molecule has 1 atom stereocenters. The second-order valence-electron chi connectivity index (χ2n) is 3.75. The standard InChI is InChI=1S/C10H16N4O3/c1-3-4-5-7(10(16)17)12-9(15)8-11-6(2)13-14-8/h7H,3-5H2,1-2H3,(H,12,15)(H,16,17)(H,11,13,14). The van der Waals surface area contributed by atoms with Crippen LogP contribution in [0.1, 0.15) is 42.6 Å². The van der Waals surface area contributed by atoms with Crippen molar-refractivity contribution < 1.29 is 14.7 Å². The highest BCUT2D eigenvalue weighted by molar-refractivity contribution is 5.93. The normalized spacial score (nSPS) is 12.1. The molecule has 0 radical (unpaired) electrons. The van der Waals surface area contributed by atoms with Crippen molar-refractivity contribution >= 4 is 11.9 Å². The predicted octanol–water partition coefficient (Wildman–Crippen LogP) is 0.486. The van der Waals surface area contributed by atoms with Gasteiger partial charge in [0.2, 0.25) is 5.82 Å². The molecular formula is C10H16N4O3. The van der Waals surface area contributed by atoms with Crippen LogP contribution in [0.2, 0.25) is 0 Å². The Morgan fingerprint density at radius 3 is 2.71 bits per heavy atom. The zero-order chi connectivity index (χ0) is 12.8. The molecule has 1 amide bonds. The quantitative estimate of drug-likeness (QED) is 0.670. The maximum Gasteiger partial charge on any atom is 0.326 e. The van der Waals surface area contributed by atoms with Crippen molar-refractivity contribution in [1.29, 1.82) is 0 Å². The number of aryl methyl sites for hydroxylation is 1. The third-order valence-electron chi connectivity index (χ3n) is 2.25. The number of rotatable bonds is 6. The summed E-state index contributed by atoms with van der Waals surface area (Å²) in [6, 6.07) is -0.888. The molecule has 0 saturated carbocycles. The van der Waals surface area contributed by atoms with E-state index in [9.17, 15) is 9.59 Å². The van der Waals surface area contributed by atoms with Gasteiger partial charge in [0.25, 0.3) is 5.91 Å². The molecule has 0 bridgehead atoms. The summed E-state index contributed by atoms with van der Waals surface area (Å²) in [5.41, 5.74) is 0. The van der Waals surface area contributed by atoms with Crippen LogP contribution in [-0.4, -0.2) is 38.2 Å². The minimum absolute atomic E-state index is 0.0368. The van der Waals surface area contributed by atoms with Gasteiger partial charge in [0.15, 0.2) is 0 Å². The first-order valence-electron chi connectivity index (χ1n) is 5.47. The summed E-state index contributed by atoms with van der Waals surface area (Å²) in [5, 5.41) is 17.5. The molecule has 1 aromatic heterocycles. The van der Waals surface area contributed by atoms with E-state index in [2.05, 4.69) is 20.5 Å². The summed E-state index contributed by atoms with van der Waals surface area (Å²) in [5.74, 6) is -1.14. The van der Waals surface area contributed by atoms with Crippen molar-refractivity contribution in [3.8, 4) is 0 Å². The molecule has 0 aliphatic heterocycles. The molecule has 0 saturated heterocycles. The highest BCUT2D eigenvalue weighted by atomic mass is 16.4. The van der Waals surface area contributed by atoms with Crippen molar-refractivity contribution in [3.05, 3.63) is 11.6 Å². The van der Waals surface area contributed by atoms with Crippen molar-refractivity contribution in [1.82, 2.24) is 20.5 Å². The van der Waals surface area contributed by atoms with Crippen molar-refractivity contribution in [2.45, 2.75) is 39.2 Å². The minimum Gasteiger partial charge on any atom is -0.480 e. The van der Waals surface area contributed by atoms with E-state index < -0.39 is 17.9 Å².